The second-order valence-electron chi connectivity index (χ2n) is 6.44. The highest BCUT2D eigenvalue weighted by Crippen LogP contribution is 2.39. The molecule has 0 bridgehead atoms. The van der Waals surface area contributed by atoms with Crippen molar-refractivity contribution in [2.75, 3.05) is 26.3 Å². The maximum Gasteiger partial charge on any atom is 0.248 e. The fourth-order valence-electron chi connectivity index (χ4n) is 3.53. The number of pyridine rings is 1. The third-order valence-corrected chi connectivity index (χ3v) is 6.79. The Bertz CT molecular complexity index is 962. The second-order valence-corrected chi connectivity index (χ2v) is 8.35. The minimum atomic E-state index is -3.66. The molecule has 138 valence electrons. The third-order valence-electron chi connectivity index (χ3n) is 4.87. The Hall–Kier alpha value is -2.32. The van der Waals surface area contributed by atoms with Crippen LogP contribution in [-0.2, 0) is 10.0 Å². The van der Waals surface area contributed by atoms with Crippen LogP contribution in [0.4, 0.5) is 0 Å². The number of hydrogen-bond donors (Lipinski definition) is 1. The molecule has 1 saturated heterocycles. The summed E-state index contributed by atoms with van der Waals surface area (Å²) in [6, 6.07) is 8.42. The summed E-state index contributed by atoms with van der Waals surface area (Å²) in [5, 5.41) is 0. The quantitative estimate of drug-likeness (QED) is 0.881. The fourth-order valence-corrected chi connectivity index (χ4v) is 5.15. The summed E-state index contributed by atoms with van der Waals surface area (Å²) in [7, 11) is -3.66. The first-order valence-corrected chi connectivity index (χ1v) is 10.1. The zero-order chi connectivity index (χ0) is 18.1. The number of hydrogen-bond acceptors (Lipinski definition) is 5. The highest BCUT2D eigenvalue weighted by atomic mass is 32.2. The number of fused-ring (bicyclic) bond motifs is 1. The molecule has 1 aromatic heterocycles. The Labute approximate surface area is 151 Å². The van der Waals surface area contributed by atoms with Crippen LogP contribution in [-0.4, -0.2) is 44.0 Å². The Morgan fingerprint density at radius 2 is 1.85 bits per heavy atom. The van der Waals surface area contributed by atoms with E-state index in [2.05, 4.69) is 4.98 Å². The molecule has 2 aliphatic rings. The van der Waals surface area contributed by atoms with Crippen LogP contribution < -0.4 is 15.0 Å². The minimum Gasteiger partial charge on any atom is -0.486 e. The van der Waals surface area contributed by atoms with Gasteiger partial charge in [0.25, 0.3) is 0 Å². The molecule has 1 aromatic carbocycles. The number of aromatic amines is 1. The maximum atomic E-state index is 13.1. The average molecular weight is 376 g/mol. The molecular weight excluding hydrogens is 356 g/mol. The number of nitrogens with one attached hydrogen (secondary N) is 1. The molecule has 0 saturated carbocycles. The van der Waals surface area contributed by atoms with E-state index in [0.29, 0.717) is 50.6 Å². The summed E-state index contributed by atoms with van der Waals surface area (Å²) in [6.45, 7) is 1.57. The maximum absolute atomic E-state index is 13.1. The van der Waals surface area contributed by atoms with Crippen molar-refractivity contribution in [2.24, 2.45) is 0 Å². The zero-order valence-electron chi connectivity index (χ0n) is 14.2. The smallest absolute Gasteiger partial charge is 0.248 e. The fraction of sp³-hybridized carbons (Fsp3) is 0.389. The molecule has 2 aromatic rings. The molecule has 0 unspecified atom stereocenters. The lowest BCUT2D eigenvalue weighted by Crippen LogP contribution is -2.38. The van der Waals surface area contributed by atoms with Gasteiger partial charge < -0.3 is 14.5 Å². The van der Waals surface area contributed by atoms with Gasteiger partial charge in [-0.15, -0.1) is 0 Å². The first kappa shape index (κ1) is 17.1. The van der Waals surface area contributed by atoms with Gasteiger partial charge in [0, 0.05) is 25.4 Å². The van der Waals surface area contributed by atoms with Crippen LogP contribution in [0.15, 0.2) is 46.2 Å². The molecule has 8 heteroatoms. The van der Waals surface area contributed by atoms with Crippen LogP contribution in [0.2, 0.25) is 0 Å². The van der Waals surface area contributed by atoms with Gasteiger partial charge in [0.2, 0.25) is 15.6 Å². The van der Waals surface area contributed by atoms with Gasteiger partial charge in [0.15, 0.2) is 11.5 Å². The number of para-hydroxylation sites is 1. The van der Waals surface area contributed by atoms with Gasteiger partial charge in [-0.3, -0.25) is 4.79 Å². The van der Waals surface area contributed by atoms with Crippen LogP contribution in [0, 0.1) is 0 Å². The molecular formula is C18H20N2O5S. The van der Waals surface area contributed by atoms with Gasteiger partial charge in [-0.2, -0.15) is 4.31 Å². The van der Waals surface area contributed by atoms with Crippen LogP contribution in [0.1, 0.15) is 24.3 Å². The van der Waals surface area contributed by atoms with Crippen LogP contribution >= 0.6 is 0 Å². The van der Waals surface area contributed by atoms with Crippen molar-refractivity contribution in [1.82, 2.24) is 9.29 Å². The molecule has 4 rings (SSSR count). The number of aromatic nitrogens is 1. The summed E-state index contributed by atoms with van der Waals surface area (Å²) in [5.41, 5.74) is 0.824. The molecule has 3 heterocycles. The number of benzene rings is 1. The van der Waals surface area contributed by atoms with Crippen molar-refractivity contribution in [1.29, 1.82) is 0 Å². The van der Waals surface area contributed by atoms with Crippen molar-refractivity contribution in [3.05, 3.63) is 52.4 Å². The summed E-state index contributed by atoms with van der Waals surface area (Å²) in [6.07, 6.45) is 2.98. The van der Waals surface area contributed by atoms with Crippen LogP contribution in [0.25, 0.3) is 0 Å². The molecule has 0 radical (unpaired) electrons. The van der Waals surface area contributed by atoms with E-state index in [0.717, 1.165) is 5.56 Å². The van der Waals surface area contributed by atoms with Gasteiger partial charge >= 0.3 is 0 Å². The lowest BCUT2D eigenvalue weighted by molar-refractivity contribution is 0.166. The van der Waals surface area contributed by atoms with Gasteiger partial charge in [0.1, 0.15) is 18.1 Å². The molecule has 0 aliphatic carbocycles. The van der Waals surface area contributed by atoms with Gasteiger partial charge in [-0.05, 0) is 42.5 Å². The molecule has 1 fully saturated rings. The van der Waals surface area contributed by atoms with E-state index >= 15 is 0 Å². The summed E-state index contributed by atoms with van der Waals surface area (Å²) >= 11 is 0. The highest BCUT2D eigenvalue weighted by molar-refractivity contribution is 7.89. The van der Waals surface area contributed by atoms with E-state index in [4.69, 9.17) is 9.47 Å². The first-order valence-electron chi connectivity index (χ1n) is 8.63. The molecule has 7 nitrogen and oxygen atoms in total. The predicted molar refractivity (Wildman–Crippen MR) is 95.2 cm³/mol. The van der Waals surface area contributed by atoms with Crippen LogP contribution in [0.5, 0.6) is 11.5 Å². The third kappa shape index (κ3) is 3.10. The van der Waals surface area contributed by atoms with E-state index in [1.807, 2.05) is 6.07 Å². The van der Waals surface area contributed by atoms with Gasteiger partial charge in [0.05, 0.1) is 0 Å². The Balaban J connectivity index is 1.55. The number of ether oxygens (including phenoxy) is 2. The number of piperidine rings is 1. The Kier molecular flexibility index (Phi) is 4.46. The van der Waals surface area contributed by atoms with Crippen molar-refractivity contribution < 1.29 is 17.9 Å². The predicted octanol–water partition coefficient (Wildman–Crippen LogP) is 1.71. The van der Waals surface area contributed by atoms with Crippen LogP contribution in [0.3, 0.4) is 0 Å². The van der Waals surface area contributed by atoms with Gasteiger partial charge in [-0.1, -0.05) is 6.07 Å². The Morgan fingerprint density at radius 1 is 1.08 bits per heavy atom. The lowest BCUT2D eigenvalue weighted by atomic mass is 9.91. The Morgan fingerprint density at radius 3 is 2.62 bits per heavy atom. The first-order chi connectivity index (χ1) is 12.6. The van der Waals surface area contributed by atoms with Gasteiger partial charge in [-0.25, -0.2) is 8.42 Å². The largest absolute Gasteiger partial charge is 0.486 e. The SMILES string of the molecule is O=c1cc(C2CCN(S(=O)(=O)c3cccc4c3OCCO4)CC2)cc[nH]1. The lowest BCUT2D eigenvalue weighted by Gasteiger charge is -2.32. The van der Waals surface area contributed by atoms with E-state index in [1.54, 1.807) is 30.5 Å². The summed E-state index contributed by atoms with van der Waals surface area (Å²) in [5.74, 6) is 0.958. The van der Waals surface area contributed by atoms with Crippen molar-refractivity contribution in [3.8, 4) is 11.5 Å². The normalized spacial score (nSPS) is 18.6. The molecule has 0 amide bonds. The number of rotatable bonds is 3. The molecule has 0 atom stereocenters. The van der Waals surface area contributed by atoms with Crippen molar-refractivity contribution in [3.63, 3.8) is 0 Å². The second kappa shape index (κ2) is 6.77. The van der Waals surface area contributed by atoms with E-state index < -0.39 is 10.0 Å². The highest BCUT2D eigenvalue weighted by Gasteiger charge is 2.33. The van der Waals surface area contributed by atoms with E-state index in [1.165, 1.54) is 4.31 Å². The minimum absolute atomic E-state index is 0.134. The average Bonchev–Trinajstić information content (AvgIpc) is 2.67. The molecule has 26 heavy (non-hydrogen) atoms. The molecule has 1 N–H and O–H groups in total. The van der Waals surface area contributed by atoms with Crippen molar-refractivity contribution >= 4 is 10.0 Å². The standard InChI is InChI=1S/C18H20N2O5S/c21-17-12-14(4-7-19-17)13-5-8-20(9-6-13)26(22,23)16-3-1-2-15-18(16)25-11-10-24-15/h1-4,7,12-13H,5-6,8-11H2,(H,19,21). The number of H-pyrrole nitrogens is 1. The number of nitrogens with zero attached hydrogens (tertiary/aromatic N) is 1. The van der Waals surface area contributed by atoms with Crippen molar-refractivity contribution in [2.45, 2.75) is 23.7 Å². The monoisotopic (exact) mass is 376 g/mol. The molecule has 0 spiro atoms. The summed E-state index contributed by atoms with van der Waals surface area (Å²) < 4.78 is 38.7. The zero-order valence-corrected chi connectivity index (χ0v) is 15.0. The van der Waals surface area contributed by atoms with E-state index in [9.17, 15) is 13.2 Å². The molecule has 2 aliphatic heterocycles. The number of sulfonamides is 1. The topological polar surface area (TPSA) is 88.7 Å². The van der Waals surface area contributed by atoms with E-state index in [-0.39, 0.29) is 16.4 Å². The summed E-state index contributed by atoms with van der Waals surface area (Å²) in [4.78, 5) is 14.3.